The fourth-order valence-corrected chi connectivity index (χ4v) is 5.71. The number of aromatic nitrogens is 1. The lowest BCUT2D eigenvalue weighted by Crippen LogP contribution is -2.61. The van der Waals surface area contributed by atoms with Crippen LogP contribution in [-0.2, 0) is 24.7 Å². The Labute approximate surface area is 231 Å². The predicted molar refractivity (Wildman–Crippen MR) is 148 cm³/mol. The fourth-order valence-electron chi connectivity index (χ4n) is 4.91. The number of fused-ring (bicyclic) bond motifs is 2. The Morgan fingerprint density at radius 2 is 1.36 bits per heavy atom. The van der Waals surface area contributed by atoms with Gasteiger partial charge < -0.3 is 9.84 Å². The van der Waals surface area contributed by atoms with Gasteiger partial charge in [-0.1, -0.05) is 91.0 Å². The molecule has 0 fully saturated rings. The number of carbonyl (C=O) groups excluding carboxylic acids is 1. The minimum atomic E-state index is -1.23. The minimum absolute atomic E-state index is 0.381. The highest BCUT2D eigenvalue weighted by atomic mass is 32.1. The van der Waals surface area contributed by atoms with E-state index < -0.39 is 35.7 Å². The Balaban J connectivity index is 1.77. The third-order valence-electron chi connectivity index (χ3n) is 6.27. The lowest BCUT2D eigenvalue weighted by Gasteiger charge is -2.51. The Morgan fingerprint density at radius 3 is 1.79 bits per heavy atom. The molecule has 0 saturated heterocycles. The predicted octanol–water partition coefficient (Wildman–Crippen LogP) is 5.57. The van der Waals surface area contributed by atoms with Gasteiger partial charge in [0, 0.05) is 5.38 Å². The van der Waals surface area contributed by atoms with Crippen LogP contribution >= 0.6 is 11.3 Å². The van der Waals surface area contributed by atoms with Gasteiger partial charge in [-0.3, -0.25) is 4.79 Å². The van der Waals surface area contributed by atoms with Crippen molar-refractivity contribution in [1.29, 1.82) is 0 Å². The molecular weight excluding hydrogens is 514 g/mol. The molecule has 5 rings (SSSR count). The zero-order valence-corrected chi connectivity index (χ0v) is 22.7. The van der Waals surface area contributed by atoms with Crippen LogP contribution in [0.5, 0.6) is 0 Å². The maximum absolute atomic E-state index is 13.0. The average molecular weight is 544 g/mol. The van der Waals surface area contributed by atoms with E-state index >= 15 is 0 Å². The number of benzene rings is 3. The molecule has 0 radical (unpaired) electrons. The van der Waals surface area contributed by atoms with E-state index in [1.165, 1.54) is 16.5 Å². The topological polar surface area (TPSA) is 92.2 Å². The lowest BCUT2D eigenvalue weighted by molar-refractivity contribution is -0.169. The number of ether oxygens (including phenoxy) is 1. The first-order chi connectivity index (χ1) is 18.7. The van der Waals surface area contributed by atoms with E-state index in [9.17, 15) is 14.7 Å². The van der Waals surface area contributed by atoms with Crippen LogP contribution in [0.4, 0.5) is 5.13 Å². The van der Waals surface area contributed by atoms with Crippen molar-refractivity contribution in [1.82, 2.24) is 9.99 Å². The van der Waals surface area contributed by atoms with E-state index in [-0.39, 0.29) is 0 Å². The summed E-state index contributed by atoms with van der Waals surface area (Å²) in [5, 5.41) is 15.8. The van der Waals surface area contributed by atoms with Crippen LogP contribution < -0.4 is 5.17 Å². The normalized spacial score (nSPS) is 15.7. The van der Waals surface area contributed by atoms with Gasteiger partial charge in [0.05, 0.1) is 5.69 Å². The summed E-state index contributed by atoms with van der Waals surface area (Å²) in [6, 6.07) is 27.8. The number of carboxylic acids is 1. The molecule has 8 nitrogen and oxygen atoms in total. The quantitative estimate of drug-likeness (QED) is 0.228. The first kappa shape index (κ1) is 26.6. The molecule has 2 heterocycles. The highest BCUT2D eigenvalue weighted by Crippen LogP contribution is 2.51. The van der Waals surface area contributed by atoms with Gasteiger partial charge in [-0.15, -0.1) is 16.5 Å². The molecule has 1 atom stereocenters. The number of hydrazine groups is 1. The number of nitrogens with zero attached hydrogens (tertiary/aromatic N) is 3. The molecule has 200 valence electrons. The molecule has 3 aromatic carbocycles. The number of esters is 1. The smallest absolute Gasteiger partial charge is 0.335 e. The summed E-state index contributed by atoms with van der Waals surface area (Å²) in [5.74, 6) is -1.69. The first-order valence-electron chi connectivity index (χ1n) is 12.5. The molecule has 9 heteroatoms. The number of carbonyl (C=O) groups is 2. The van der Waals surface area contributed by atoms with Crippen LogP contribution in [-0.4, -0.2) is 39.2 Å². The van der Waals surface area contributed by atoms with E-state index in [1.54, 1.807) is 31.2 Å². The summed E-state index contributed by atoms with van der Waals surface area (Å²) in [5.41, 5.74) is 0.922. The van der Waals surface area contributed by atoms with Crippen molar-refractivity contribution in [3.05, 3.63) is 119 Å². The van der Waals surface area contributed by atoms with Crippen molar-refractivity contribution in [2.45, 2.75) is 38.0 Å². The van der Waals surface area contributed by atoms with Crippen LogP contribution in [0.15, 0.2) is 96.4 Å². The molecular formula is C30H29N3O5S. The van der Waals surface area contributed by atoms with Crippen LogP contribution in [0, 0.1) is 0 Å². The van der Waals surface area contributed by atoms with Gasteiger partial charge in [-0.25, -0.2) is 14.6 Å². The number of aliphatic carboxylic acids is 1. The second-order valence-electron chi connectivity index (χ2n) is 10.1. The highest BCUT2D eigenvalue weighted by Gasteiger charge is 2.54. The van der Waals surface area contributed by atoms with Crippen molar-refractivity contribution in [2.75, 3.05) is 11.8 Å². The molecule has 1 unspecified atom stereocenters. The first-order valence-corrected chi connectivity index (χ1v) is 13.4. The molecule has 0 spiro atoms. The molecule has 2 bridgehead atoms. The molecule has 1 aromatic heterocycles. The Hall–Kier alpha value is -4.05. The second kappa shape index (κ2) is 10.6. The Bertz CT molecular complexity index is 1340. The van der Waals surface area contributed by atoms with Crippen LogP contribution in [0.2, 0.25) is 0 Å². The molecule has 39 heavy (non-hydrogen) atoms. The monoisotopic (exact) mass is 543 g/mol. The number of hydrogen-bond acceptors (Lipinski definition) is 8. The highest BCUT2D eigenvalue weighted by molar-refractivity contribution is 7.13. The van der Waals surface area contributed by atoms with Gasteiger partial charge in [-0.2, -0.15) is 5.01 Å². The van der Waals surface area contributed by atoms with Crippen LogP contribution in [0.1, 0.15) is 49.2 Å². The molecule has 0 aliphatic carbocycles. The summed E-state index contributed by atoms with van der Waals surface area (Å²) in [7, 11) is 0. The number of anilines is 1. The molecule has 0 amide bonds. The fraction of sp³-hybridized carbons (Fsp3) is 0.233. The molecule has 1 aliphatic heterocycles. The van der Waals surface area contributed by atoms with Gasteiger partial charge >= 0.3 is 11.9 Å². The summed E-state index contributed by atoms with van der Waals surface area (Å²) in [6.07, 6.45) is 0. The van der Waals surface area contributed by atoms with Crippen molar-refractivity contribution in [3.63, 3.8) is 0 Å². The van der Waals surface area contributed by atoms with E-state index in [4.69, 9.17) is 9.57 Å². The van der Waals surface area contributed by atoms with Gasteiger partial charge in [0.15, 0.2) is 12.6 Å². The van der Waals surface area contributed by atoms with Crippen molar-refractivity contribution in [3.8, 4) is 0 Å². The summed E-state index contributed by atoms with van der Waals surface area (Å²) < 4.78 is 5.47. The third kappa shape index (κ3) is 5.04. The van der Waals surface area contributed by atoms with E-state index in [0.29, 0.717) is 10.8 Å². The summed E-state index contributed by atoms with van der Waals surface area (Å²) in [6.45, 7) is 4.88. The number of hydrogen-bond donors (Lipinski definition) is 1. The molecule has 1 aliphatic rings. The van der Waals surface area contributed by atoms with E-state index in [1.807, 2.05) is 91.0 Å². The van der Waals surface area contributed by atoms with Crippen LogP contribution in [0.3, 0.4) is 0 Å². The summed E-state index contributed by atoms with van der Waals surface area (Å²) in [4.78, 5) is 36.4. The van der Waals surface area contributed by atoms with Gasteiger partial charge in [0.1, 0.15) is 11.1 Å². The maximum Gasteiger partial charge on any atom is 0.335 e. The average Bonchev–Trinajstić information content (AvgIpc) is 3.33. The van der Waals surface area contributed by atoms with Crippen molar-refractivity contribution < 1.29 is 24.3 Å². The van der Waals surface area contributed by atoms with E-state index in [2.05, 4.69) is 4.98 Å². The summed E-state index contributed by atoms with van der Waals surface area (Å²) >= 11 is 1.24. The minimum Gasteiger partial charge on any atom is -0.480 e. The third-order valence-corrected chi connectivity index (χ3v) is 7.09. The molecule has 0 saturated carbocycles. The number of rotatable bonds is 8. The van der Waals surface area contributed by atoms with Crippen molar-refractivity contribution >= 4 is 28.4 Å². The van der Waals surface area contributed by atoms with Gasteiger partial charge in [-0.05, 0) is 37.5 Å². The standard InChI is InChI=1S/C30H29N3O5S/c1-29(2,3)38-25(34)19-37-33-28-31-24(20-39-28)26(27(35)36)32(33)30(21-13-7-4-8-14-21,22-15-9-5-10-16-22)23-17-11-6-12-18-23/h4-18,20,26H,19H2,1-3H3,(H,35,36). The molecule has 1 N–H and O–H groups in total. The zero-order valence-electron chi connectivity index (χ0n) is 21.9. The van der Waals surface area contributed by atoms with Gasteiger partial charge in [0.25, 0.3) is 0 Å². The zero-order chi connectivity index (χ0) is 27.6. The Morgan fingerprint density at radius 1 is 0.872 bits per heavy atom. The SMILES string of the molecule is CC(C)(C)OC(=O)CON1c2nc(cs2)C(C(=O)O)N1C(c1ccccc1)(c1ccccc1)c1ccccc1. The number of carboxylic acid groups (broad SMARTS) is 1. The second-order valence-corrected chi connectivity index (χ2v) is 10.9. The van der Waals surface area contributed by atoms with E-state index in [0.717, 1.165) is 16.7 Å². The van der Waals surface area contributed by atoms with Crippen LogP contribution in [0.25, 0.3) is 0 Å². The molecule has 4 aromatic rings. The maximum atomic E-state index is 13.0. The van der Waals surface area contributed by atoms with Gasteiger partial charge in [0.2, 0.25) is 5.13 Å². The lowest BCUT2D eigenvalue weighted by atomic mass is 9.75. The Kier molecular flexibility index (Phi) is 7.22. The number of thiazole rings is 1. The largest absolute Gasteiger partial charge is 0.480 e. The van der Waals surface area contributed by atoms with Crippen molar-refractivity contribution in [2.24, 2.45) is 0 Å².